The molecule has 4 aromatic rings. The average Bonchev–Trinajstić information content (AvgIpc) is 3.02. The Morgan fingerprint density at radius 1 is 1.13 bits per heavy atom. The van der Waals surface area contributed by atoms with Crippen LogP contribution >= 0.6 is 0 Å². The average molecular weight is 303 g/mol. The third kappa shape index (κ3) is 2.00. The minimum Gasteiger partial charge on any atom is -0.383 e. The van der Waals surface area contributed by atoms with Gasteiger partial charge >= 0.3 is 0 Å². The number of nitrogen functional groups attached to an aromatic ring is 2. The van der Waals surface area contributed by atoms with Crippen LogP contribution in [-0.2, 0) is 0 Å². The summed E-state index contributed by atoms with van der Waals surface area (Å²) in [5.41, 5.74) is 15.8. The van der Waals surface area contributed by atoms with E-state index in [1.54, 1.807) is 12.3 Å². The largest absolute Gasteiger partial charge is 0.383 e. The number of fused-ring (bicyclic) bond motifs is 3. The first-order valence-electron chi connectivity index (χ1n) is 7.05. The lowest BCUT2D eigenvalue weighted by Crippen LogP contribution is -2.01. The van der Waals surface area contributed by atoms with E-state index < -0.39 is 0 Å². The van der Waals surface area contributed by atoms with Crippen LogP contribution in [0.5, 0.6) is 0 Å². The second-order valence-corrected chi connectivity index (χ2v) is 5.30. The van der Waals surface area contributed by atoms with Gasteiger partial charge in [0.15, 0.2) is 5.95 Å². The van der Waals surface area contributed by atoms with Gasteiger partial charge in [-0.15, -0.1) is 0 Å². The van der Waals surface area contributed by atoms with E-state index in [1.807, 2.05) is 30.3 Å². The zero-order chi connectivity index (χ0) is 16.0. The SMILES string of the molecule is Nc1nc(N)c2c(cc(-c3cccc(C=O)c3)c3nccc32)[nH]1. The van der Waals surface area contributed by atoms with E-state index in [0.717, 1.165) is 39.2 Å². The number of aldehydes is 1. The van der Waals surface area contributed by atoms with E-state index >= 15 is 0 Å². The van der Waals surface area contributed by atoms with E-state index in [-0.39, 0.29) is 5.95 Å². The quantitative estimate of drug-likeness (QED) is 0.493. The van der Waals surface area contributed by atoms with Gasteiger partial charge in [-0.1, -0.05) is 18.2 Å². The van der Waals surface area contributed by atoms with E-state index in [1.165, 1.54) is 0 Å². The first kappa shape index (κ1) is 13.3. The molecule has 6 heteroatoms. The predicted octanol–water partition coefficient (Wildman–Crippen LogP) is 2.76. The molecule has 0 radical (unpaired) electrons. The maximum atomic E-state index is 11.0. The molecular weight excluding hydrogens is 290 g/mol. The normalized spacial score (nSPS) is 11.1. The van der Waals surface area contributed by atoms with Crippen LogP contribution in [-0.4, -0.2) is 21.2 Å². The maximum absolute atomic E-state index is 11.0. The molecule has 4 rings (SSSR count). The summed E-state index contributed by atoms with van der Waals surface area (Å²) >= 11 is 0. The molecule has 6 nitrogen and oxygen atoms in total. The summed E-state index contributed by atoms with van der Waals surface area (Å²) < 4.78 is 0. The van der Waals surface area contributed by atoms with Gasteiger partial charge in [0.05, 0.1) is 11.0 Å². The van der Waals surface area contributed by atoms with Crippen LogP contribution in [0.15, 0.2) is 42.6 Å². The molecule has 0 aliphatic rings. The van der Waals surface area contributed by atoms with Gasteiger partial charge in [-0.05, 0) is 23.8 Å². The Bertz CT molecular complexity index is 1070. The highest BCUT2D eigenvalue weighted by Crippen LogP contribution is 2.35. The van der Waals surface area contributed by atoms with E-state index in [0.29, 0.717) is 11.4 Å². The molecule has 0 unspecified atom stereocenters. The Balaban J connectivity index is 2.13. The monoisotopic (exact) mass is 303 g/mol. The van der Waals surface area contributed by atoms with Gasteiger partial charge in [0.2, 0.25) is 0 Å². The van der Waals surface area contributed by atoms with Crippen LogP contribution in [0, 0.1) is 0 Å². The number of aromatic amines is 1. The highest BCUT2D eigenvalue weighted by atomic mass is 16.1. The number of benzene rings is 2. The maximum Gasteiger partial charge on any atom is 0.199 e. The number of hydrogen-bond donors (Lipinski definition) is 3. The Labute approximate surface area is 131 Å². The molecule has 0 atom stereocenters. The standard InChI is InChI=1S/C17H13N5O/c18-16-14-11-4-5-20-15(11)12(7-13(14)21-17(19)22-16)10-3-1-2-9(6-10)8-23/h1-8H,18H2,(H3,19,21,22). The highest BCUT2D eigenvalue weighted by molar-refractivity contribution is 6.15. The number of H-pyrrole nitrogens is 1. The second kappa shape index (κ2) is 4.81. The van der Waals surface area contributed by atoms with Crippen LogP contribution in [0.2, 0.25) is 0 Å². The van der Waals surface area contributed by atoms with Crippen LogP contribution in [0.25, 0.3) is 32.9 Å². The van der Waals surface area contributed by atoms with Crippen molar-refractivity contribution in [2.24, 2.45) is 0 Å². The van der Waals surface area contributed by atoms with E-state index in [4.69, 9.17) is 11.5 Å². The molecule has 0 aliphatic heterocycles. The van der Waals surface area contributed by atoms with Crippen LogP contribution < -0.4 is 11.5 Å². The van der Waals surface area contributed by atoms with Crippen molar-refractivity contribution < 1.29 is 4.79 Å². The molecule has 0 aliphatic carbocycles. The molecule has 0 fully saturated rings. The molecule has 0 saturated heterocycles. The molecule has 0 spiro atoms. The van der Waals surface area contributed by atoms with Crippen LogP contribution in [0.3, 0.4) is 0 Å². The topological polar surface area (TPSA) is 111 Å². The lowest BCUT2D eigenvalue weighted by Gasteiger charge is -2.10. The number of carbonyl (C=O) groups excluding carboxylic acids is 1. The summed E-state index contributed by atoms with van der Waals surface area (Å²) in [6.07, 6.45) is 2.55. The lowest BCUT2D eigenvalue weighted by molar-refractivity contribution is 0.112. The summed E-state index contributed by atoms with van der Waals surface area (Å²) in [6, 6.07) is 11.2. The van der Waals surface area contributed by atoms with Crippen molar-refractivity contribution >= 4 is 39.9 Å². The Morgan fingerprint density at radius 3 is 2.83 bits per heavy atom. The molecule has 2 heterocycles. The van der Waals surface area contributed by atoms with E-state index in [9.17, 15) is 4.79 Å². The van der Waals surface area contributed by atoms with Crippen molar-refractivity contribution in [2.75, 3.05) is 11.5 Å². The number of hydrogen-bond acceptors (Lipinski definition) is 5. The smallest absolute Gasteiger partial charge is 0.199 e. The Hall–Kier alpha value is -3.41. The van der Waals surface area contributed by atoms with Crippen molar-refractivity contribution in [1.29, 1.82) is 0 Å². The van der Waals surface area contributed by atoms with Crippen molar-refractivity contribution in [2.45, 2.75) is 0 Å². The van der Waals surface area contributed by atoms with Gasteiger partial charge in [-0.3, -0.25) is 9.78 Å². The third-order valence-electron chi connectivity index (χ3n) is 3.88. The Morgan fingerprint density at radius 2 is 2.00 bits per heavy atom. The van der Waals surface area contributed by atoms with Crippen molar-refractivity contribution in [1.82, 2.24) is 15.0 Å². The number of nitrogens with zero attached hydrogens (tertiary/aromatic N) is 2. The Kier molecular flexibility index (Phi) is 2.77. The molecule has 0 bridgehead atoms. The fourth-order valence-corrected chi connectivity index (χ4v) is 2.91. The number of nitrogens with two attached hydrogens (primary N) is 2. The minimum absolute atomic E-state index is 0.251. The molecule has 0 amide bonds. The second-order valence-electron chi connectivity index (χ2n) is 5.30. The van der Waals surface area contributed by atoms with Crippen molar-refractivity contribution in [3.05, 3.63) is 48.2 Å². The predicted molar refractivity (Wildman–Crippen MR) is 91.0 cm³/mol. The zero-order valence-electron chi connectivity index (χ0n) is 12.1. The van der Waals surface area contributed by atoms with Gasteiger partial charge in [-0.2, -0.15) is 4.98 Å². The molecular formula is C17H13N5O. The van der Waals surface area contributed by atoms with Crippen molar-refractivity contribution in [3.8, 4) is 11.1 Å². The fraction of sp³-hybridized carbons (Fsp3) is 0. The number of anilines is 2. The van der Waals surface area contributed by atoms with Crippen LogP contribution in [0.4, 0.5) is 11.8 Å². The van der Waals surface area contributed by atoms with E-state index in [2.05, 4.69) is 15.0 Å². The third-order valence-corrected chi connectivity index (χ3v) is 3.88. The number of rotatable bonds is 2. The summed E-state index contributed by atoms with van der Waals surface area (Å²) in [5.74, 6) is 0.615. The summed E-state index contributed by atoms with van der Waals surface area (Å²) in [4.78, 5) is 22.6. The molecule has 2 aromatic heterocycles. The molecule has 2 aromatic carbocycles. The molecule has 5 N–H and O–H groups in total. The number of carbonyl (C=O) groups is 1. The molecule has 23 heavy (non-hydrogen) atoms. The van der Waals surface area contributed by atoms with Gasteiger partial charge in [0.25, 0.3) is 0 Å². The molecule has 0 saturated carbocycles. The number of aromatic nitrogens is 3. The van der Waals surface area contributed by atoms with Gasteiger partial charge < -0.3 is 16.5 Å². The van der Waals surface area contributed by atoms with Gasteiger partial charge in [0.1, 0.15) is 12.1 Å². The zero-order valence-corrected chi connectivity index (χ0v) is 12.1. The minimum atomic E-state index is 0.251. The summed E-state index contributed by atoms with van der Waals surface area (Å²) in [5, 5.41) is 1.69. The van der Waals surface area contributed by atoms with Crippen LogP contribution in [0.1, 0.15) is 10.4 Å². The molecule has 112 valence electrons. The number of nitrogens with one attached hydrogen (secondary N) is 1. The summed E-state index contributed by atoms with van der Waals surface area (Å²) in [6.45, 7) is 0. The lowest BCUT2D eigenvalue weighted by atomic mass is 9.98. The first-order chi connectivity index (χ1) is 11.2. The van der Waals surface area contributed by atoms with Gasteiger partial charge in [-0.25, -0.2) is 0 Å². The van der Waals surface area contributed by atoms with Gasteiger partial charge in [0, 0.05) is 28.1 Å². The fourth-order valence-electron chi connectivity index (χ4n) is 2.91. The highest BCUT2D eigenvalue weighted by Gasteiger charge is 2.14. The summed E-state index contributed by atoms with van der Waals surface area (Å²) in [7, 11) is 0. The first-order valence-corrected chi connectivity index (χ1v) is 7.05. The van der Waals surface area contributed by atoms with Crippen molar-refractivity contribution in [3.63, 3.8) is 0 Å².